The fraction of sp³-hybridized carbons (Fsp3) is 0.278. The summed E-state index contributed by atoms with van der Waals surface area (Å²) in [6.45, 7) is 0.830. The van der Waals surface area contributed by atoms with E-state index in [0.717, 1.165) is 23.2 Å². The van der Waals surface area contributed by atoms with Crippen LogP contribution in [0.1, 0.15) is 21.5 Å². The van der Waals surface area contributed by atoms with Gasteiger partial charge in [0.1, 0.15) is 0 Å². The van der Waals surface area contributed by atoms with Crippen LogP contribution in [0.2, 0.25) is 0 Å². The van der Waals surface area contributed by atoms with Crippen LogP contribution in [0.15, 0.2) is 42.5 Å². The Morgan fingerprint density at radius 3 is 2.36 bits per heavy atom. The Bertz CT molecular complexity index is 649. The van der Waals surface area contributed by atoms with Gasteiger partial charge in [-0.2, -0.15) is 0 Å². The van der Waals surface area contributed by atoms with Crippen LogP contribution in [0.5, 0.6) is 0 Å². The zero-order valence-corrected chi connectivity index (χ0v) is 13.3. The molecule has 0 bridgehead atoms. The van der Waals surface area contributed by atoms with Crippen LogP contribution in [0.3, 0.4) is 0 Å². The van der Waals surface area contributed by atoms with Crippen molar-refractivity contribution in [3.8, 4) is 11.1 Å². The van der Waals surface area contributed by atoms with Crippen LogP contribution in [-0.4, -0.2) is 37.1 Å². The highest BCUT2D eigenvalue weighted by Crippen LogP contribution is 2.25. The number of benzene rings is 2. The fourth-order valence-electron chi connectivity index (χ4n) is 2.47. The summed E-state index contributed by atoms with van der Waals surface area (Å²) >= 11 is 0. The summed E-state index contributed by atoms with van der Waals surface area (Å²) in [5.41, 5.74) is 4.68. The summed E-state index contributed by atoms with van der Waals surface area (Å²) in [5.74, 6) is -0.102. The summed E-state index contributed by atoms with van der Waals surface area (Å²) in [4.78, 5) is 13.7. The van der Waals surface area contributed by atoms with Gasteiger partial charge in [-0.1, -0.05) is 30.3 Å². The lowest BCUT2D eigenvalue weighted by atomic mass is 9.97. The lowest BCUT2D eigenvalue weighted by Crippen LogP contribution is -2.17. The molecule has 0 saturated carbocycles. The number of nitrogens with zero attached hydrogens (tertiary/aromatic N) is 1. The van der Waals surface area contributed by atoms with Crippen molar-refractivity contribution in [3.05, 3.63) is 59.2 Å². The van der Waals surface area contributed by atoms with Gasteiger partial charge in [-0.25, -0.2) is 0 Å². The molecule has 0 atom stereocenters. The molecule has 116 valence electrons. The van der Waals surface area contributed by atoms with Gasteiger partial charge >= 0.3 is 0 Å². The monoisotopic (exact) mass is 298 g/mol. The number of hydrogen-bond donors (Lipinski definition) is 2. The van der Waals surface area contributed by atoms with Gasteiger partial charge in [0.15, 0.2) is 0 Å². The van der Waals surface area contributed by atoms with Crippen LogP contribution in [0.25, 0.3) is 11.1 Å². The first-order chi connectivity index (χ1) is 10.5. The average Bonchev–Trinajstić information content (AvgIpc) is 2.53. The van der Waals surface area contributed by atoms with Gasteiger partial charge in [0.05, 0.1) is 6.61 Å². The lowest BCUT2D eigenvalue weighted by molar-refractivity contribution is 0.0963. The number of aliphatic hydroxyl groups is 1. The average molecular weight is 298 g/mol. The molecule has 0 spiro atoms. The third-order valence-corrected chi connectivity index (χ3v) is 3.52. The lowest BCUT2D eigenvalue weighted by Gasteiger charge is -2.14. The van der Waals surface area contributed by atoms with E-state index >= 15 is 0 Å². The van der Waals surface area contributed by atoms with E-state index in [-0.39, 0.29) is 12.5 Å². The topological polar surface area (TPSA) is 52.6 Å². The molecule has 1 amide bonds. The maximum absolute atomic E-state index is 11.6. The number of hydrogen-bond acceptors (Lipinski definition) is 3. The van der Waals surface area contributed by atoms with Crippen LogP contribution in [0, 0.1) is 0 Å². The molecule has 0 radical (unpaired) electrons. The molecule has 0 heterocycles. The van der Waals surface area contributed by atoms with Crippen molar-refractivity contribution >= 4 is 5.91 Å². The molecule has 0 aliphatic carbocycles. The molecular weight excluding hydrogens is 276 g/mol. The van der Waals surface area contributed by atoms with E-state index in [4.69, 9.17) is 0 Å². The van der Waals surface area contributed by atoms with Gasteiger partial charge < -0.3 is 15.3 Å². The molecular formula is C18H22N2O2. The van der Waals surface area contributed by atoms with Crippen molar-refractivity contribution in [2.75, 3.05) is 21.1 Å². The minimum Gasteiger partial charge on any atom is -0.392 e. The highest BCUT2D eigenvalue weighted by molar-refractivity contribution is 5.94. The van der Waals surface area contributed by atoms with E-state index < -0.39 is 0 Å². The van der Waals surface area contributed by atoms with E-state index in [0.29, 0.717) is 5.56 Å². The van der Waals surface area contributed by atoms with Gasteiger partial charge in [-0.05, 0) is 48.5 Å². The number of amides is 1. The van der Waals surface area contributed by atoms with Gasteiger partial charge in [-0.3, -0.25) is 4.79 Å². The summed E-state index contributed by atoms with van der Waals surface area (Å²) in [6.07, 6.45) is 0. The number of carbonyl (C=O) groups is 1. The maximum atomic E-state index is 11.6. The highest BCUT2D eigenvalue weighted by atomic mass is 16.3. The first-order valence-corrected chi connectivity index (χ1v) is 7.25. The number of carbonyl (C=O) groups excluding carboxylic acids is 1. The number of aliphatic hydroxyl groups excluding tert-OH is 1. The molecule has 2 N–H and O–H groups in total. The predicted molar refractivity (Wildman–Crippen MR) is 88.6 cm³/mol. The molecule has 2 aromatic rings. The quantitative estimate of drug-likeness (QED) is 0.890. The smallest absolute Gasteiger partial charge is 0.251 e. The highest BCUT2D eigenvalue weighted by Gasteiger charge is 2.08. The third kappa shape index (κ3) is 3.72. The Balaban J connectivity index is 2.33. The fourth-order valence-corrected chi connectivity index (χ4v) is 2.47. The van der Waals surface area contributed by atoms with Crippen molar-refractivity contribution in [1.82, 2.24) is 10.2 Å². The molecule has 2 rings (SSSR count). The van der Waals surface area contributed by atoms with E-state index in [1.807, 2.05) is 38.4 Å². The maximum Gasteiger partial charge on any atom is 0.251 e. The number of rotatable bonds is 5. The second kappa shape index (κ2) is 7.20. The van der Waals surface area contributed by atoms with Gasteiger partial charge in [0.25, 0.3) is 5.91 Å². The Morgan fingerprint density at radius 1 is 1.14 bits per heavy atom. The zero-order chi connectivity index (χ0) is 16.1. The molecule has 2 aromatic carbocycles. The van der Waals surface area contributed by atoms with Gasteiger partial charge in [0.2, 0.25) is 0 Å². The van der Waals surface area contributed by atoms with Crippen LogP contribution in [-0.2, 0) is 13.2 Å². The minimum absolute atomic E-state index is 0.00615. The SMILES string of the molecule is CNC(=O)c1ccc(-c2ccc(CN(C)C)cc2CO)cc1. The number of nitrogens with one attached hydrogen (secondary N) is 1. The summed E-state index contributed by atoms with van der Waals surface area (Å²) in [6, 6.07) is 13.5. The summed E-state index contributed by atoms with van der Waals surface area (Å²) in [7, 11) is 5.65. The molecule has 0 aliphatic rings. The second-order valence-electron chi connectivity index (χ2n) is 5.54. The van der Waals surface area contributed by atoms with Crippen molar-refractivity contribution in [3.63, 3.8) is 0 Å². The van der Waals surface area contributed by atoms with Crippen LogP contribution >= 0.6 is 0 Å². The molecule has 0 unspecified atom stereocenters. The van der Waals surface area contributed by atoms with Crippen molar-refractivity contribution < 1.29 is 9.90 Å². The summed E-state index contributed by atoms with van der Waals surface area (Å²) < 4.78 is 0. The normalized spacial score (nSPS) is 10.8. The Morgan fingerprint density at radius 2 is 1.82 bits per heavy atom. The Hall–Kier alpha value is -2.17. The van der Waals surface area contributed by atoms with Crippen molar-refractivity contribution in [2.45, 2.75) is 13.2 Å². The van der Waals surface area contributed by atoms with E-state index in [1.54, 1.807) is 19.2 Å². The molecule has 0 aromatic heterocycles. The predicted octanol–water partition coefficient (Wildman–Crippen LogP) is 2.27. The Kier molecular flexibility index (Phi) is 5.31. The summed E-state index contributed by atoms with van der Waals surface area (Å²) in [5, 5.41) is 12.2. The zero-order valence-electron chi connectivity index (χ0n) is 13.3. The standard InChI is InChI=1S/C18H22N2O2/c1-19-18(22)15-7-5-14(6-8-15)17-9-4-13(11-20(2)3)10-16(17)12-21/h4-10,21H,11-12H2,1-3H3,(H,19,22). The Labute approximate surface area is 131 Å². The van der Waals surface area contributed by atoms with Gasteiger partial charge in [0, 0.05) is 19.2 Å². The third-order valence-electron chi connectivity index (χ3n) is 3.52. The second-order valence-corrected chi connectivity index (χ2v) is 5.54. The minimum atomic E-state index is -0.102. The molecule has 4 nitrogen and oxygen atoms in total. The first kappa shape index (κ1) is 16.2. The molecule has 22 heavy (non-hydrogen) atoms. The van der Waals surface area contributed by atoms with E-state index in [9.17, 15) is 9.90 Å². The molecule has 0 saturated heterocycles. The first-order valence-electron chi connectivity index (χ1n) is 7.25. The van der Waals surface area contributed by atoms with E-state index in [2.05, 4.69) is 16.3 Å². The van der Waals surface area contributed by atoms with Crippen LogP contribution in [0.4, 0.5) is 0 Å². The van der Waals surface area contributed by atoms with E-state index in [1.165, 1.54) is 5.56 Å². The largest absolute Gasteiger partial charge is 0.392 e. The molecule has 0 fully saturated rings. The van der Waals surface area contributed by atoms with Crippen LogP contribution < -0.4 is 5.32 Å². The molecule has 4 heteroatoms. The van der Waals surface area contributed by atoms with Crippen molar-refractivity contribution in [2.24, 2.45) is 0 Å². The van der Waals surface area contributed by atoms with Crippen molar-refractivity contribution in [1.29, 1.82) is 0 Å². The molecule has 0 aliphatic heterocycles. The van der Waals surface area contributed by atoms with Gasteiger partial charge in [-0.15, -0.1) is 0 Å².